The minimum atomic E-state index is -0.298. The maximum atomic E-state index is 10.7. The van der Waals surface area contributed by atoms with Crippen LogP contribution in [0.5, 0.6) is 0 Å². The van der Waals surface area contributed by atoms with Gasteiger partial charge in [0.05, 0.1) is 5.41 Å². The van der Waals surface area contributed by atoms with E-state index in [2.05, 4.69) is 26.0 Å². The van der Waals surface area contributed by atoms with Gasteiger partial charge in [0, 0.05) is 12.3 Å². The lowest BCUT2D eigenvalue weighted by molar-refractivity contribution is 0.0929. The summed E-state index contributed by atoms with van der Waals surface area (Å²) in [6, 6.07) is 0. The molecular weight excluding hydrogens is 260 g/mol. The number of hydrogen-bond donors (Lipinski definition) is 2. The molecule has 0 aromatic carbocycles. The first-order chi connectivity index (χ1) is 9.97. The van der Waals surface area contributed by atoms with Crippen LogP contribution in [0.1, 0.15) is 58.8 Å². The summed E-state index contributed by atoms with van der Waals surface area (Å²) in [6.07, 6.45) is 12.3. The molecule has 4 aliphatic carbocycles. The lowest BCUT2D eigenvalue weighted by Gasteiger charge is -2.52. The van der Waals surface area contributed by atoms with Gasteiger partial charge in [-0.2, -0.15) is 0 Å². The van der Waals surface area contributed by atoms with Gasteiger partial charge in [0.1, 0.15) is 11.5 Å². The molecule has 0 spiro atoms. The first-order valence-corrected chi connectivity index (χ1v) is 8.47. The Morgan fingerprint density at radius 1 is 1.10 bits per heavy atom. The maximum absolute atomic E-state index is 10.7. The molecule has 4 rings (SSSR count). The number of allylic oxidation sites excluding steroid dienone is 5. The highest BCUT2D eigenvalue weighted by Crippen LogP contribution is 2.62. The van der Waals surface area contributed by atoms with Gasteiger partial charge in [-0.1, -0.05) is 30.2 Å². The fourth-order valence-electron chi connectivity index (χ4n) is 5.65. The fraction of sp³-hybridized carbons (Fsp3) is 0.684. The summed E-state index contributed by atoms with van der Waals surface area (Å²) in [5.74, 6) is 1.58. The van der Waals surface area contributed by atoms with Crippen LogP contribution in [0.25, 0.3) is 0 Å². The Morgan fingerprint density at radius 2 is 1.86 bits per heavy atom. The van der Waals surface area contributed by atoms with Gasteiger partial charge in [0.2, 0.25) is 0 Å². The van der Waals surface area contributed by atoms with E-state index >= 15 is 0 Å². The summed E-state index contributed by atoms with van der Waals surface area (Å²) in [7, 11) is 0. The molecule has 0 heterocycles. The topological polar surface area (TPSA) is 40.5 Å². The number of aliphatic hydroxyl groups is 2. The van der Waals surface area contributed by atoms with E-state index in [0.29, 0.717) is 23.7 Å². The number of rotatable bonds is 0. The molecule has 0 radical (unpaired) electrons. The van der Waals surface area contributed by atoms with E-state index < -0.39 is 0 Å². The first kappa shape index (κ1) is 13.5. The van der Waals surface area contributed by atoms with Crippen LogP contribution < -0.4 is 0 Å². The Bertz CT molecular complexity index is 582. The van der Waals surface area contributed by atoms with Crippen LogP contribution in [0, 0.1) is 22.7 Å². The van der Waals surface area contributed by atoms with Crippen LogP contribution in [-0.4, -0.2) is 10.2 Å². The average molecular weight is 286 g/mol. The Hall–Kier alpha value is -1.18. The molecule has 0 aromatic rings. The van der Waals surface area contributed by atoms with Crippen molar-refractivity contribution in [2.75, 3.05) is 0 Å². The van der Waals surface area contributed by atoms with Crippen molar-refractivity contribution >= 4 is 0 Å². The molecule has 0 aliphatic heterocycles. The van der Waals surface area contributed by atoms with Crippen LogP contribution in [0.2, 0.25) is 0 Å². The highest BCUT2D eigenvalue weighted by atomic mass is 16.3. The molecule has 1 unspecified atom stereocenters. The fourth-order valence-corrected chi connectivity index (χ4v) is 5.65. The van der Waals surface area contributed by atoms with Crippen molar-refractivity contribution in [3.05, 3.63) is 34.8 Å². The summed E-state index contributed by atoms with van der Waals surface area (Å²) in [5, 5.41) is 20.8. The van der Waals surface area contributed by atoms with Gasteiger partial charge < -0.3 is 10.2 Å². The van der Waals surface area contributed by atoms with Crippen molar-refractivity contribution in [3.8, 4) is 0 Å². The molecule has 21 heavy (non-hydrogen) atoms. The quantitative estimate of drug-likeness (QED) is 0.601. The highest BCUT2D eigenvalue weighted by Gasteiger charge is 2.53. The van der Waals surface area contributed by atoms with E-state index in [0.717, 1.165) is 19.3 Å². The smallest absolute Gasteiger partial charge is 0.140 e. The number of fused-ring (bicyclic) bond motifs is 4. The lowest BCUT2D eigenvalue weighted by atomic mass is 9.52. The molecular formula is C19H26O2. The number of hydrogen-bond acceptors (Lipinski definition) is 2. The summed E-state index contributed by atoms with van der Waals surface area (Å²) >= 11 is 0. The minimum Gasteiger partial charge on any atom is -0.509 e. The van der Waals surface area contributed by atoms with Gasteiger partial charge >= 0.3 is 0 Å². The van der Waals surface area contributed by atoms with Crippen molar-refractivity contribution in [1.82, 2.24) is 0 Å². The first-order valence-electron chi connectivity index (χ1n) is 8.47. The van der Waals surface area contributed by atoms with Crippen LogP contribution in [0.3, 0.4) is 0 Å². The molecule has 0 fully saturated rings. The molecule has 4 atom stereocenters. The van der Waals surface area contributed by atoms with Gasteiger partial charge in [0.25, 0.3) is 0 Å². The average Bonchev–Trinajstić information content (AvgIpc) is 2.86. The van der Waals surface area contributed by atoms with Crippen molar-refractivity contribution in [1.29, 1.82) is 0 Å². The van der Waals surface area contributed by atoms with Crippen molar-refractivity contribution in [3.63, 3.8) is 0 Å². The SMILES string of the molecule is C[C@]12C(O)=C(O)CCC1CCC1=C2CC[C@]2(C)CC=C[C@@H]12. The second-order valence-electron chi connectivity index (χ2n) is 8.04. The minimum absolute atomic E-state index is 0.234. The van der Waals surface area contributed by atoms with Crippen molar-refractivity contribution < 1.29 is 10.2 Å². The summed E-state index contributed by atoms with van der Waals surface area (Å²) in [6.45, 7) is 4.60. The molecule has 0 amide bonds. The molecule has 2 nitrogen and oxygen atoms in total. The molecule has 2 heteroatoms. The number of aliphatic hydroxyl groups excluding tert-OH is 2. The molecule has 2 N–H and O–H groups in total. The summed E-state index contributed by atoms with van der Waals surface area (Å²) < 4.78 is 0. The maximum Gasteiger partial charge on any atom is 0.140 e. The third-order valence-electron chi connectivity index (χ3n) is 7.07. The molecule has 0 bridgehead atoms. The van der Waals surface area contributed by atoms with Crippen molar-refractivity contribution in [2.24, 2.45) is 22.7 Å². The second-order valence-corrected chi connectivity index (χ2v) is 8.04. The Morgan fingerprint density at radius 3 is 2.67 bits per heavy atom. The van der Waals surface area contributed by atoms with Gasteiger partial charge in [-0.25, -0.2) is 0 Å². The Labute approximate surface area is 127 Å². The largest absolute Gasteiger partial charge is 0.509 e. The Kier molecular flexibility index (Phi) is 2.68. The summed E-state index contributed by atoms with van der Waals surface area (Å²) in [5.41, 5.74) is 3.14. The normalized spacial score (nSPS) is 45.4. The zero-order valence-corrected chi connectivity index (χ0v) is 13.2. The van der Waals surface area contributed by atoms with E-state index in [1.807, 2.05) is 0 Å². The molecule has 0 saturated heterocycles. The van der Waals surface area contributed by atoms with E-state index in [1.165, 1.54) is 24.8 Å². The zero-order valence-electron chi connectivity index (χ0n) is 13.2. The second kappa shape index (κ2) is 4.18. The van der Waals surface area contributed by atoms with Crippen LogP contribution in [-0.2, 0) is 0 Å². The van der Waals surface area contributed by atoms with Gasteiger partial charge in [-0.05, 0) is 56.8 Å². The third kappa shape index (κ3) is 1.59. The van der Waals surface area contributed by atoms with E-state index in [1.54, 1.807) is 5.57 Å². The zero-order chi connectivity index (χ0) is 14.8. The van der Waals surface area contributed by atoms with Gasteiger partial charge in [-0.15, -0.1) is 0 Å². The van der Waals surface area contributed by atoms with E-state index in [4.69, 9.17) is 0 Å². The molecule has 114 valence electrons. The molecule has 0 aromatic heterocycles. The Balaban J connectivity index is 1.87. The standard InChI is InChI=1S/C19H26O2/c1-18-10-3-4-14(18)13-7-5-12-6-8-16(20)17(21)19(12,2)15(13)9-11-18/h3-4,12,14,20-21H,5-11H2,1-2H3/t12?,14-,18-,19-/m0/s1. The van der Waals surface area contributed by atoms with Gasteiger partial charge in [0.15, 0.2) is 0 Å². The molecule has 0 saturated carbocycles. The third-order valence-corrected chi connectivity index (χ3v) is 7.07. The lowest BCUT2D eigenvalue weighted by Crippen LogP contribution is -2.43. The van der Waals surface area contributed by atoms with Crippen LogP contribution in [0.4, 0.5) is 0 Å². The van der Waals surface area contributed by atoms with Crippen molar-refractivity contribution in [2.45, 2.75) is 58.8 Å². The van der Waals surface area contributed by atoms with E-state index in [9.17, 15) is 10.2 Å². The monoisotopic (exact) mass is 286 g/mol. The van der Waals surface area contributed by atoms with Gasteiger partial charge in [-0.3, -0.25) is 0 Å². The predicted octanol–water partition coefficient (Wildman–Crippen LogP) is 5.20. The molecule has 4 aliphatic rings. The van der Waals surface area contributed by atoms with Crippen LogP contribution >= 0.6 is 0 Å². The summed E-state index contributed by atoms with van der Waals surface area (Å²) in [4.78, 5) is 0. The van der Waals surface area contributed by atoms with Crippen LogP contribution in [0.15, 0.2) is 34.8 Å². The van der Waals surface area contributed by atoms with E-state index in [-0.39, 0.29) is 16.9 Å². The predicted molar refractivity (Wildman–Crippen MR) is 84.0 cm³/mol. The highest BCUT2D eigenvalue weighted by molar-refractivity contribution is 5.42.